The van der Waals surface area contributed by atoms with Crippen molar-refractivity contribution in [3.8, 4) is 5.88 Å². The van der Waals surface area contributed by atoms with Gasteiger partial charge in [0.15, 0.2) is 5.69 Å². The average molecular weight is 435 g/mol. The third kappa shape index (κ3) is 6.03. The summed E-state index contributed by atoms with van der Waals surface area (Å²) in [5.41, 5.74) is 1.87. The van der Waals surface area contributed by atoms with E-state index in [4.69, 9.17) is 0 Å². The number of nitrogens with zero attached hydrogens (tertiary/aromatic N) is 3. The second kappa shape index (κ2) is 11.8. The first kappa shape index (κ1) is 23.2. The van der Waals surface area contributed by atoms with Crippen molar-refractivity contribution >= 4 is 28.4 Å². The SMILES string of the molecule is CCCCn1c(O)c(N=NC(=O)CCCCCNC(=O)c2ccccc2)c2ccccc21. The highest BCUT2D eigenvalue weighted by molar-refractivity contribution is 5.95. The predicted octanol–water partition coefficient (Wildman–Crippen LogP) is 5.75. The van der Waals surface area contributed by atoms with E-state index in [9.17, 15) is 14.7 Å². The predicted molar refractivity (Wildman–Crippen MR) is 125 cm³/mol. The van der Waals surface area contributed by atoms with Gasteiger partial charge in [0.25, 0.3) is 11.8 Å². The molecule has 0 aliphatic heterocycles. The van der Waals surface area contributed by atoms with E-state index < -0.39 is 0 Å². The molecule has 0 saturated carbocycles. The smallest absolute Gasteiger partial charge is 0.264 e. The van der Waals surface area contributed by atoms with Crippen molar-refractivity contribution in [2.45, 2.75) is 52.0 Å². The number of benzene rings is 2. The fraction of sp³-hybridized carbons (Fsp3) is 0.360. The van der Waals surface area contributed by atoms with Crippen molar-refractivity contribution in [3.05, 3.63) is 60.2 Å². The number of azo groups is 1. The molecule has 0 bridgehead atoms. The summed E-state index contributed by atoms with van der Waals surface area (Å²) in [4.78, 5) is 24.1. The molecule has 0 saturated heterocycles. The molecule has 0 radical (unpaired) electrons. The van der Waals surface area contributed by atoms with Gasteiger partial charge in [-0.1, -0.05) is 56.2 Å². The summed E-state index contributed by atoms with van der Waals surface area (Å²) in [6.45, 7) is 3.35. The monoisotopic (exact) mass is 434 g/mol. The lowest BCUT2D eigenvalue weighted by Gasteiger charge is -2.05. The summed E-state index contributed by atoms with van der Waals surface area (Å²) >= 11 is 0. The van der Waals surface area contributed by atoms with Gasteiger partial charge < -0.3 is 15.0 Å². The maximum atomic E-state index is 12.1. The van der Waals surface area contributed by atoms with Crippen LogP contribution in [-0.4, -0.2) is 28.0 Å². The highest BCUT2D eigenvalue weighted by Crippen LogP contribution is 2.39. The summed E-state index contributed by atoms with van der Waals surface area (Å²) in [5, 5.41) is 22.2. The van der Waals surface area contributed by atoms with E-state index >= 15 is 0 Å². The lowest BCUT2D eigenvalue weighted by molar-refractivity contribution is -0.118. The third-order valence-corrected chi connectivity index (χ3v) is 5.30. The third-order valence-electron chi connectivity index (χ3n) is 5.30. The number of aryl methyl sites for hydroxylation is 1. The maximum Gasteiger partial charge on any atom is 0.264 e. The number of carbonyl (C=O) groups is 2. The van der Waals surface area contributed by atoms with Gasteiger partial charge in [0.05, 0.1) is 5.52 Å². The Hall–Kier alpha value is -3.48. The van der Waals surface area contributed by atoms with Crippen molar-refractivity contribution < 1.29 is 14.7 Å². The molecule has 0 aliphatic rings. The second-order valence-corrected chi connectivity index (χ2v) is 7.72. The molecule has 1 heterocycles. The lowest BCUT2D eigenvalue weighted by Crippen LogP contribution is -2.24. The van der Waals surface area contributed by atoms with Crippen LogP contribution in [0.4, 0.5) is 5.69 Å². The van der Waals surface area contributed by atoms with Gasteiger partial charge in [0, 0.05) is 30.5 Å². The van der Waals surface area contributed by atoms with Crippen LogP contribution in [0, 0.1) is 0 Å². The lowest BCUT2D eigenvalue weighted by atomic mass is 10.2. The second-order valence-electron chi connectivity index (χ2n) is 7.72. The number of nitrogens with one attached hydrogen (secondary N) is 1. The van der Waals surface area contributed by atoms with Gasteiger partial charge in [-0.3, -0.25) is 9.59 Å². The number of rotatable bonds is 11. The van der Waals surface area contributed by atoms with Gasteiger partial charge in [0.1, 0.15) is 0 Å². The van der Waals surface area contributed by atoms with Crippen LogP contribution in [0.3, 0.4) is 0 Å². The van der Waals surface area contributed by atoms with Gasteiger partial charge in [-0.15, -0.1) is 10.2 Å². The Balaban J connectivity index is 1.46. The van der Waals surface area contributed by atoms with E-state index in [1.165, 1.54) is 0 Å². The molecule has 0 unspecified atom stereocenters. The molecule has 2 N–H and O–H groups in total. The molecule has 0 aliphatic carbocycles. The van der Waals surface area contributed by atoms with Crippen molar-refractivity contribution in [2.75, 3.05) is 6.54 Å². The van der Waals surface area contributed by atoms with Crippen LogP contribution in [-0.2, 0) is 11.3 Å². The Morgan fingerprint density at radius 2 is 1.72 bits per heavy atom. The van der Waals surface area contributed by atoms with Gasteiger partial charge >= 0.3 is 0 Å². The van der Waals surface area contributed by atoms with Crippen LogP contribution in [0.2, 0.25) is 0 Å². The van der Waals surface area contributed by atoms with Crippen LogP contribution in [0.25, 0.3) is 10.9 Å². The fourth-order valence-electron chi connectivity index (χ4n) is 3.54. The van der Waals surface area contributed by atoms with Gasteiger partial charge in [0.2, 0.25) is 5.88 Å². The number of hydrogen-bond donors (Lipinski definition) is 2. The average Bonchev–Trinajstić information content (AvgIpc) is 3.09. The molecule has 168 valence electrons. The molecule has 2 amide bonds. The fourth-order valence-corrected chi connectivity index (χ4v) is 3.54. The first-order chi connectivity index (χ1) is 15.6. The molecule has 7 heteroatoms. The zero-order valence-electron chi connectivity index (χ0n) is 18.5. The minimum Gasteiger partial charge on any atom is -0.493 e. The van der Waals surface area contributed by atoms with Crippen molar-refractivity contribution in [2.24, 2.45) is 10.2 Å². The Labute approximate surface area is 188 Å². The molecular weight excluding hydrogens is 404 g/mol. The largest absolute Gasteiger partial charge is 0.493 e. The van der Waals surface area contributed by atoms with Gasteiger partial charge in [-0.2, -0.15) is 0 Å². The standard InChI is InChI=1S/C25H30N4O3/c1-2-3-18-29-21-15-10-9-14-20(21)23(25(29)32)28-27-22(30)16-8-5-11-17-26-24(31)19-12-6-4-7-13-19/h4,6-7,9-10,12-15,32H,2-3,5,8,11,16-18H2,1H3,(H,26,31). The number of unbranched alkanes of at least 4 members (excludes halogenated alkanes) is 3. The van der Waals surface area contributed by atoms with E-state index in [1.54, 1.807) is 12.1 Å². The number of aromatic nitrogens is 1. The van der Waals surface area contributed by atoms with Crippen LogP contribution in [0.5, 0.6) is 5.88 Å². The number of fused-ring (bicyclic) bond motifs is 1. The molecule has 0 fully saturated rings. The highest BCUT2D eigenvalue weighted by Gasteiger charge is 2.16. The number of hydrogen-bond acceptors (Lipinski definition) is 4. The summed E-state index contributed by atoms with van der Waals surface area (Å²) in [6, 6.07) is 16.7. The van der Waals surface area contributed by atoms with Crippen LogP contribution in [0.1, 0.15) is 55.8 Å². The number of aromatic hydroxyl groups is 1. The topological polar surface area (TPSA) is 96.0 Å². The molecule has 1 aromatic heterocycles. The maximum absolute atomic E-state index is 12.1. The molecule has 0 spiro atoms. The summed E-state index contributed by atoms with van der Waals surface area (Å²) in [6.07, 6.45) is 4.49. The first-order valence-electron chi connectivity index (χ1n) is 11.2. The first-order valence-corrected chi connectivity index (χ1v) is 11.2. The molecule has 7 nitrogen and oxygen atoms in total. The number of amides is 2. The Bertz CT molecular complexity index is 1070. The zero-order valence-corrected chi connectivity index (χ0v) is 18.5. The van der Waals surface area contributed by atoms with Gasteiger partial charge in [-0.25, -0.2) is 0 Å². The molecule has 32 heavy (non-hydrogen) atoms. The van der Waals surface area contributed by atoms with E-state index in [1.807, 2.05) is 47.0 Å². The van der Waals surface area contributed by atoms with E-state index in [2.05, 4.69) is 22.5 Å². The quantitative estimate of drug-likeness (QED) is 0.297. The minimum absolute atomic E-state index is 0.0466. The van der Waals surface area contributed by atoms with Crippen molar-refractivity contribution in [3.63, 3.8) is 0 Å². The van der Waals surface area contributed by atoms with Crippen LogP contribution >= 0.6 is 0 Å². The normalized spacial score (nSPS) is 11.3. The summed E-state index contributed by atoms with van der Waals surface area (Å²) in [5.74, 6) is -0.359. The van der Waals surface area contributed by atoms with Crippen LogP contribution < -0.4 is 5.32 Å². The summed E-state index contributed by atoms with van der Waals surface area (Å²) in [7, 11) is 0. The van der Waals surface area contributed by atoms with E-state index in [-0.39, 0.29) is 24.1 Å². The molecule has 3 rings (SSSR count). The molecular formula is C25H30N4O3. The zero-order chi connectivity index (χ0) is 22.8. The molecule has 0 atom stereocenters. The summed E-state index contributed by atoms with van der Waals surface area (Å²) < 4.78 is 1.82. The molecule has 2 aromatic carbocycles. The Morgan fingerprint density at radius 1 is 0.969 bits per heavy atom. The van der Waals surface area contributed by atoms with Crippen LogP contribution in [0.15, 0.2) is 64.8 Å². The Morgan fingerprint density at radius 3 is 2.50 bits per heavy atom. The number of carbonyl (C=O) groups excluding carboxylic acids is 2. The van der Waals surface area contributed by atoms with Gasteiger partial charge in [-0.05, 0) is 37.5 Å². The van der Waals surface area contributed by atoms with Crippen molar-refractivity contribution in [1.29, 1.82) is 0 Å². The minimum atomic E-state index is -0.317. The molecule has 3 aromatic rings. The Kier molecular flexibility index (Phi) is 8.54. The number of para-hydroxylation sites is 1. The van der Waals surface area contributed by atoms with Crippen molar-refractivity contribution in [1.82, 2.24) is 9.88 Å². The van der Waals surface area contributed by atoms with E-state index in [0.717, 1.165) is 36.6 Å². The highest BCUT2D eigenvalue weighted by atomic mass is 16.3. The van der Waals surface area contributed by atoms with E-state index in [0.29, 0.717) is 30.8 Å².